The van der Waals surface area contributed by atoms with Crippen molar-refractivity contribution in [1.82, 2.24) is 4.57 Å². The Morgan fingerprint density at radius 1 is 1.14 bits per heavy atom. The second-order valence-electron chi connectivity index (χ2n) is 6.35. The van der Waals surface area contributed by atoms with Crippen LogP contribution in [0.3, 0.4) is 0 Å². The van der Waals surface area contributed by atoms with Gasteiger partial charge in [0, 0.05) is 24.7 Å². The number of amides is 1. The van der Waals surface area contributed by atoms with Gasteiger partial charge in [-0.25, -0.2) is 0 Å². The first-order chi connectivity index (χ1) is 13.6. The van der Waals surface area contributed by atoms with Crippen molar-refractivity contribution in [1.29, 1.82) is 0 Å². The normalized spacial score (nSPS) is 11.7. The van der Waals surface area contributed by atoms with Crippen LogP contribution in [0, 0.1) is 0 Å². The third-order valence-corrected chi connectivity index (χ3v) is 5.46. The number of hydrogen-bond donors (Lipinski definition) is 1. The molecule has 3 rings (SSSR count). The van der Waals surface area contributed by atoms with E-state index in [0.29, 0.717) is 15.8 Å². The summed E-state index contributed by atoms with van der Waals surface area (Å²) in [5.74, 6) is -1.27. The van der Waals surface area contributed by atoms with E-state index in [-0.39, 0.29) is 5.69 Å². The highest BCUT2D eigenvalue weighted by atomic mass is 32.2. The molecule has 0 atom stereocenters. The molecule has 9 heteroatoms. The van der Waals surface area contributed by atoms with Gasteiger partial charge in [0.1, 0.15) is 11.3 Å². The minimum atomic E-state index is -4.50. The van der Waals surface area contributed by atoms with Gasteiger partial charge in [-0.3, -0.25) is 9.59 Å². The van der Waals surface area contributed by atoms with Crippen LogP contribution in [0.4, 0.5) is 18.9 Å². The molecule has 1 aromatic heterocycles. The van der Waals surface area contributed by atoms with Crippen LogP contribution in [0.1, 0.15) is 15.9 Å². The van der Waals surface area contributed by atoms with Crippen molar-refractivity contribution in [3.8, 4) is 5.75 Å². The van der Waals surface area contributed by atoms with E-state index < -0.39 is 34.5 Å². The van der Waals surface area contributed by atoms with Gasteiger partial charge >= 0.3 is 6.18 Å². The number of aromatic nitrogens is 1. The molecule has 0 fully saturated rings. The van der Waals surface area contributed by atoms with E-state index >= 15 is 0 Å². The fraction of sp³-hybridized carbons (Fsp3) is 0.200. The van der Waals surface area contributed by atoms with Crippen LogP contribution >= 0.6 is 11.8 Å². The Bertz CT molecular complexity index is 1150. The van der Waals surface area contributed by atoms with Gasteiger partial charge in [0.05, 0.1) is 16.5 Å². The number of aryl methyl sites for hydroxylation is 1. The Balaban J connectivity index is 2.13. The lowest BCUT2D eigenvalue weighted by atomic mass is 10.1. The van der Waals surface area contributed by atoms with Crippen LogP contribution in [0.2, 0.25) is 0 Å². The lowest BCUT2D eigenvalue weighted by molar-refractivity contribution is -0.137. The quantitative estimate of drug-likeness (QED) is 0.641. The van der Waals surface area contributed by atoms with Crippen molar-refractivity contribution >= 4 is 34.3 Å². The van der Waals surface area contributed by atoms with Gasteiger partial charge in [0.2, 0.25) is 0 Å². The fourth-order valence-corrected chi connectivity index (χ4v) is 3.68. The predicted octanol–water partition coefficient (Wildman–Crippen LogP) is 4.26. The zero-order valence-corrected chi connectivity index (χ0v) is 16.6. The van der Waals surface area contributed by atoms with Gasteiger partial charge in [-0.05, 0) is 42.7 Å². The second kappa shape index (κ2) is 7.47. The predicted molar refractivity (Wildman–Crippen MR) is 107 cm³/mol. The third-order valence-electron chi connectivity index (χ3n) is 4.68. The molecule has 0 saturated heterocycles. The van der Waals surface area contributed by atoms with Crippen LogP contribution in [0.25, 0.3) is 10.9 Å². The molecule has 29 heavy (non-hydrogen) atoms. The number of hydrogen-bond acceptors (Lipinski definition) is 4. The number of carbonyl (C=O) groups is 1. The fourth-order valence-electron chi connectivity index (χ4n) is 3.06. The van der Waals surface area contributed by atoms with Crippen molar-refractivity contribution in [2.75, 3.05) is 18.2 Å². The van der Waals surface area contributed by atoms with E-state index in [9.17, 15) is 27.9 Å². The van der Waals surface area contributed by atoms with E-state index in [1.807, 2.05) is 0 Å². The lowest BCUT2D eigenvalue weighted by Crippen LogP contribution is -2.34. The summed E-state index contributed by atoms with van der Waals surface area (Å²) in [5.41, 5.74) is -1.37. The van der Waals surface area contributed by atoms with Crippen molar-refractivity contribution in [3.05, 3.63) is 63.9 Å². The number of aromatic hydroxyl groups is 1. The van der Waals surface area contributed by atoms with Gasteiger partial charge in [-0.1, -0.05) is 6.07 Å². The number of thioether (sulfide) groups is 1. The zero-order chi connectivity index (χ0) is 21.5. The van der Waals surface area contributed by atoms with Crippen LogP contribution < -0.4 is 10.5 Å². The number of anilines is 1. The van der Waals surface area contributed by atoms with Crippen molar-refractivity contribution in [2.45, 2.75) is 11.1 Å². The van der Waals surface area contributed by atoms with E-state index in [2.05, 4.69) is 0 Å². The molecule has 1 N–H and O–H groups in total. The number of alkyl halides is 3. The van der Waals surface area contributed by atoms with E-state index in [0.717, 1.165) is 29.2 Å². The molecule has 1 amide bonds. The number of benzene rings is 2. The molecule has 152 valence electrons. The number of carbonyl (C=O) groups excluding carboxylic acids is 1. The molecule has 0 radical (unpaired) electrons. The minimum Gasteiger partial charge on any atom is -0.506 e. The molecule has 0 aliphatic carbocycles. The van der Waals surface area contributed by atoms with Crippen LogP contribution in [-0.2, 0) is 13.2 Å². The summed E-state index contributed by atoms with van der Waals surface area (Å²) in [7, 11) is 2.82. The molecule has 1 heterocycles. The largest absolute Gasteiger partial charge is 0.506 e. The molecule has 0 saturated carbocycles. The monoisotopic (exact) mass is 422 g/mol. The smallest absolute Gasteiger partial charge is 0.416 e. The summed E-state index contributed by atoms with van der Waals surface area (Å²) in [4.78, 5) is 27.5. The summed E-state index contributed by atoms with van der Waals surface area (Å²) in [6.07, 6.45) is -2.70. The third kappa shape index (κ3) is 3.57. The van der Waals surface area contributed by atoms with Gasteiger partial charge in [0.15, 0.2) is 0 Å². The molecule has 2 aromatic carbocycles. The topological polar surface area (TPSA) is 62.5 Å². The number of nitrogens with zero attached hydrogens (tertiary/aromatic N) is 2. The minimum absolute atomic E-state index is 0.155. The second-order valence-corrected chi connectivity index (χ2v) is 7.20. The molecule has 0 spiro atoms. The van der Waals surface area contributed by atoms with Crippen molar-refractivity contribution in [2.24, 2.45) is 7.05 Å². The highest BCUT2D eigenvalue weighted by Crippen LogP contribution is 2.35. The molecule has 5 nitrogen and oxygen atoms in total. The summed E-state index contributed by atoms with van der Waals surface area (Å²) in [6.45, 7) is 0. The van der Waals surface area contributed by atoms with Gasteiger partial charge < -0.3 is 14.6 Å². The molecule has 0 aliphatic heterocycles. The van der Waals surface area contributed by atoms with E-state index in [1.165, 1.54) is 30.4 Å². The highest BCUT2D eigenvalue weighted by molar-refractivity contribution is 7.98. The standard InChI is InChI=1S/C20H17F3N2O3S/c1-24(12-9-7-11(8-10-12)20(21,22)23)18(27)16-17(26)15-13(25(2)19(16)28)5-4-6-14(15)29-3/h4-10,26H,1-3H3. The molecule has 3 aromatic rings. The average molecular weight is 422 g/mol. The molecular formula is C20H17F3N2O3S. The Hall–Kier alpha value is -2.94. The Kier molecular flexibility index (Phi) is 5.36. The average Bonchev–Trinajstić information content (AvgIpc) is 2.70. The molecular weight excluding hydrogens is 405 g/mol. The number of rotatable bonds is 3. The number of halogens is 3. The zero-order valence-electron chi connectivity index (χ0n) is 15.7. The van der Waals surface area contributed by atoms with E-state index in [4.69, 9.17) is 0 Å². The molecule has 0 bridgehead atoms. The summed E-state index contributed by atoms with van der Waals surface area (Å²) < 4.78 is 39.5. The van der Waals surface area contributed by atoms with Crippen LogP contribution in [0.15, 0.2) is 52.2 Å². The van der Waals surface area contributed by atoms with E-state index in [1.54, 1.807) is 24.5 Å². The Morgan fingerprint density at radius 3 is 2.31 bits per heavy atom. The van der Waals surface area contributed by atoms with Gasteiger partial charge in [-0.2, -0.15) is 13.2 Å². The Labute approximate surface area is 168 Å². The van der Waals surface area contributed by atoms with Gasteiger partial charge in [-0.15, -0.1) is 11.8 Å². The maximum absolute atomic E-state index is 13.0. The molecule has 0 aliphatic rings. The first-order valence-corrected chi connectivity index (χ1v) is 9.64. The maximum atomic E-state index is 13.0. The first kappa shape index (κ1) is 20.8. The van der Waals surface area contributed by atoms with Gasteiger partial charge in [0.25, 0.3) is 11.5 Å². The lowest BCUT2D eigenvalue weighted by Gasteiger charge is -2.20. The van der Waals surface area contributed by atoms with Crippen molar-refractivity contribution < 1.29 is 23.1 Å². The van der Waals surface area contributed by atoms with Crippen LogP contribution in [0.5, 0.6) is 5.75 Å². The highest BCUT2D eigenvalue weighted by Gasteiger charge is 2.31. The summed E-state index contributed by atoms with van der Waals surface area (Å²) in [5, 5.41) is 11.1. The maximum Gasteiger partial charge on any atom is 0.416 e. The summed E-state index contributed by atoms with van der Waals surface area (Å²) in [6, 6.07) is 9.12. The summed E-state index contributed by atoms with van der Waals surface area (Å²) >= 11 is 1.35. The SMILES string of the molecule is CSc1cccc2c1c(O)c(C(=O)N(C)c1ccc(C(F)(F)F)cc1)c(=O)n2C. The Morgan fingerprint density at radius 2 is 1.76 bits per heavy atom. The molecule has 0 unspecified atom stereocenters. The first-order valence-electron chi connectivity index (χ1n) is 8.42. The van der Waals surface area contributed by atoms with Crippen LogP contribution in [-0.4, -0.2) is 28.9 Å². The number of fused-ring (bicyclic) bond motifs is 1. The van der Waals surface area contributed by atoms with Crippen molar-refractivity contribution in [3.63, 3.8) is 0 Å². The number of pyridine rings is 1.